The molecule has 96 valence electrons. The zero-order valence-corrected chi connectivity index (χ0v) is 10.1. The van der Waals surface area contributed by atoms with Crippen LogP contribution in [0.15, 0.2) is 22.4 Å². The Morgan fingerprint density at radius 2 is 1.89 bits per heavy atom. The van der Waals surface area contributed by atoms with E-state index in [1.165, 1.54) is 20.0 Å². The van der Waals surface area contributed by atoms with Crippen LogP contribution >= 0.6 is 0 Å². The number of aromatic nitrogens is 1. The number of ether oxygens (including phenoxy) is 2. The van der Waals surface area contributed by atoms with Gasteiger partial charge < -0.3 is 19.3 Å². The molecule has 0 bridgehead atoms. The Morgan fingerprint density at radius 3 is 2.39 bits per heavy atom. The summed E-state index contributed by atoms with van der Waals surface area (Å²) in [4.78, 5) is 23.1. The number of esters is 2. The van der Waals surface area contributed by atoms with Crippen molar-refractivity contribution < 1.29 is 23.6 Å². The number of hydrogen-bond donors (Lipinski definition) is 1. The molecule has 0 radical (unpaired) electrons. The van der Waals surface area contributed by atoms with Crippen molar-refractivity contribution in [1.82, 2.24) is 5.16 Å². The van der Waals surface area contributed by atoms with Gasteiger partial charge in [-0.2, -0.15) is 0 Å². The highest BCUT2D eigenvalue weighted by molar-refractivity contribution is 6.15. The summed E-state index contributed by atoms with van der Waals surface area (Å²) in [6.45, 7) is 4.70. The van der Waals surface area contributed by atoms with Gasteiger partial charge in [0.05, 0.1) is 5.69 Å². The molecule has 0 aromatic carbocycles. The number of aryl methyl sites for hydroxylation is 1. The summed E-state index contributed by atoms with van der Waals surface area (Å²) in [5.41, 5.74) is 0.439. The third kappa shape index (κ3) is 2.50. The first kappa shape index (κ1) is 12.2. The van der Waals surface area contributed by atoms with Crippen LogP contribution in [-0.4, -0.2) is 22.9 Å². The summed E-state index contributed by atoms with van der Waals surface area (Å²) in [5, 5.41) is 6.27. The standard InChI is InChI=1S/C11H12N2O5/c1-6-4-8(18-13-6)12-5-7-9(14)16-11(2,3)17-10(7)15/h4-5,12H,1-3H3. The van der Waals surface area contributed by atoms with Crippen LogP contribution in [-0.2, 0) is 19.1 Å². The Kier molecular flexibility index (Phi) is 2.82. The smallest absolute Gasteiger partial charge is 0.350 e. The lowest BCUT2D eigenvalue weighted by molar-refractivity contribution is -0.222. The van der Waals surface area contributed by atoms with E-state index in [0.29, 0.717) is 11.6 Å². The van der Waals surface area contributed by atoms with Crippen LogP contribution in [0, 0.1) is 6.92 Å². The number of carbonyl (C=O) groups is 2. The summed E-state index contributed by atoms with van der Waals surface area (Å²) in [5.74, 6) is -2.43. The Hall–Kier alpha value is -2.31. The van der Waals surface area contributed by atoms with E-state index in [9.17, 15) is 9.59 Å². The van der Waals surface area contributed by atoms with Crippen LogP contribution in [0.1, 0.15) is 19.5 Å². The molecule has 1 aliphatic rings. The van der Waals surface area contributed by atoms with E-state index in [0.717, 1.165) is 0 Å². The molecule has 0 amide bonds. The molecule has 1 aromatic heterocycles. The average molecular weight is 252 g/mol. The third-order valence-electron chi connectivity index (χ3n) is 2.10. The minimum atomic E-state index is -1.24. The van der Waals surface area contributed by atoms with Crippen molar-refractivity contribution in [3.8, 4) is 0 Å². The number of cyclic esters (lactones) is 2. The van der Waals surface area contributed by atoms with Crippen LogP contribution < -0.4 is 5.32 Å². The minimum Gasteiger partial charge on any atom is -0.419 e. The van der Waals surface area contributed by atoms with Crippen molar-refractivity contribution in [2.45, 2.75) is 26.6 Å². The van der Waals surface area contributed by atoms with Crippen LogP contribution in [0.4, 0.5) is 5.88 Å². The molecule has 0 atom stereocenters. The molecule has 1 N–H and O–H groups in total. The van der Waals surface area contributed by atoms with Gasteiger partial charge in [-0.25, -0.2) is 9.59 Å². The van der Waals surface area contributed by atoms with Gasteiger partial charge in [-0.05, 0) is 6.92 Å². The fourth-order valence-electron chi connectivity index (χ4n) is 1.35. The molecule has 7 nitrogen and oxygen atoms in total. The first-order valence-electron chi connectivity index (χ1n) is 5.24. The summed E-state index contributed by atoms with van der Waals surface area (Å²) in [7, 11) is 0. The van der Waals surface area contributed by atoms with Crippen LogP contribution in [0.2, 0.25) is 0 Å². The molecule has 0 spiro atoms. The van der Waals surface area contributed by atoms with E-state index < -0.39 is 17.7 Å². The lowest BCUT2D eigenvalue weighted by Crippen LogP contribution is -2.42. The highest BCUT2D eigenvalue weighted by atomic mass is 16.7. The predicted molar refractivity (Wildman–Crippen MR) is 59.2 cm³/mol. The Morgan fingerprint density at radius 1 is 1.28 bits per heavy atom. The van der Waals surface area contributed by atoms with E-state index in [1.807, 2.05) is 0 Å². The molecule has 0 saturated carbocycles. The molecule has 1 aliphatic heterocycles. The van der Waals surface area contributed by atoms with Gasteiger partial charge in [0.15, 0.2) is 5.57 Å². The second kappa shape index (κ2) is 4.17. The molecular formula is C11H12N2O5. The topological polar surface area (TPSA) is 90.7 Å². The number of nitrogens with one attached hydrogen (secondary N) is 1. The zero-order valence-electron chi connectivity index (χ0n) is 10.1. The molecule has 2 rings (SSSR count). The molecule has 2 heterocycles. The maximum absolute atomic E-state index is 11.6. The van der Waals surface area contributed by atoms with Gasteiger partial charge in [-0.15, -0.1) is 0 Å². The van der Waals surface area contributed by atoms with Gasteiger partial charge >= 0.3 is 11.9 Å². The molecule has 1 aromatic rings. The molecule has 1 fully saturated rings. The Labute approximate surface area is 103 Å². The Bertz CT molecular complexity index is 507. The highest BCUT2D eigenvalue weighted by Gasteiger charge is 2.38. The largest absolute Gasteiger partial charge is 0.419 e. The van der Waals surface area contributed by atoms with Gasteiger partial charge in [-0.1, -0.05) is 5.16 Å². The van der Waals surface area contributed by atoms with E-state index in [1.54, 1.807) is 13.0 Å². The predicted octanol–water partition coefficient (Wildman–Crippen LogP) is 1.11. The average Bonchev–Trinajstić information content (AvgIpc) is 2.61. The summed E-state index contributed by atoms with van der Waals surface area (Å²) in [6.07, 6.45) is 1.17. The lowest BCUT2D eigenvalue weighted by Gasteiger charge is -2.29. The Balaban J connectivity index is 2.13. The van der Waals surface area contributed by atoms with E-state index in [-0.39, 0.29) is 5.57 Å². The second-order valence-electron chi connectivity index (χ2n) is 4.21. The van der Waals surface area contributed by atoms with Gasteiger partial charge in [0.25, 0.3) is 5.79 Å². The van der Waals surface area contributed by atoms with Crippen molar-refractivity contribution in [3.63, 3.8) is 0 Å². The number of anilines is 1. The fourth-order valence-corrected chi connectivity index (χ4v) is 1.35. The number of rotatable bonds is 2. The van der Waals surface area contributed by atoms with Crippen molar-refractivity contribution in [3.05, 3.63) is 23.5 Å². The van der Waals surface area contributed by atoms with E-state index >= 15 is 0 Å². The van der Waals surface area contributed by atoms with Crippen molar-refractivity contribution in [1.29, 1.82) is 0 Å². The van der Waals surface area contributed by atoms with Crippen LogP contribution in [0.25, 0.3) is 0 Å². The van der Waals surface area contributed by atoms with E-state index in [4.69, 9.17) is 14.0 Å². The van der Waals surface area contributed by atoms with Gasteiger partial charge in [-0.3, -0.25) is 0 Å². The van der Waals surface area contributed by atoms with Crippen molar-refractivity contribution in [2.75, 3.05) is 5.32 Å². The number of carbonyl (C=O) groups excluding carboxylic acids is 2. The first-order valence-corrected chi connectivity index (χ1v) is 5.24. The van der Waals surface area contributed by atoms with Crippen LogP contribution in [0.5, 0.6) is 0 Å². The maximum Gasteiger partial charge on any atom is 0.350 e. The van der Waals surface area contributed by atoms with Gasteiger partial charge in [0.1, 0.15) is 0 Å². The first-order chi connectivity index (χ1) is 8.37. The molecule has 0 aliphatic carbocycles. The minimum absolute atomic E-state index is 0.233. The molecule has 0 unspecified atom stereocenters. The van der Waals surface area contributed by atoms with E-state index in [2.05, 4.69) is 10.5 Å². The monoisotopic (exact) mass is 252 g/mol. The fraction of sp³-hybridized carbons (Fsp3) is 0.364. The van der Waals surface area contributed by atoms with Crippen molar-refractivity contribution in [2.24, 2.45) is 0 Å². The van der Waals surface area contributed by atoms with Gasteiger partial charge in [0.2, 0.25) is 5.88 Å². The molecule has 1 saturated heterocycles. The SMILES string of the molecule is Cc1cc(NC=C2C(=O)OC(C)(C)OC2=O)on1. The highest BCUT2D eigenvalue weighted by Crippen LogP contribution is 2.22. The molecule has 7 heteroatoms. The van der Waals surface area contributed by atoms with Crippen LogP contribution in [0.3, 0.4) is 0 Å². The normalized spacial score (nSPS) is 18.1. The second-order valence-corrected chi connectivity index (χ2v) is 4.21. The number of hydrogen-bond acceptors (Lipinski definition) is 7. The number of nitrogens with zero attached hydrogens (tertiary/aromatic N) is 1. The summed E-state index contributed by atoms with van der Waals surface area (Å²) >= 11 is 0. The quantitative estimate of drug-likeness (QED) is 0.479. The molecular weight excluding hydrogens is 240 g/mol. The van der Waals surface area contributed by atoms with Crippen molar-refractivity contribution >= 4 is 17.8 Å². The zero-order chi connectivity index (χ0) is 13.3. The summed E-state index contributed by atoms with van der Waals surface area (Å²) < 4.78 is 14.7. The lowest BCUT2D eigenvalue weighted by atomic mass is 10.2. The summed E-state index contributed by atoms with van der Waals surface area (Å²) in [6, 6.07) is 1.61. The molecule has 18 heavy (non-hydrogen) atoms. The maximum atomic E-state index is 11.6. The van der Waals surface area contributed by atoms with Gasteiger partial charge in [0, 0.05) is 26.1 Å². The third-order valence-corrected chi connectivity index (χ3v) is 2.10.